The van der Waals surface area contributed by atoms with Crippen LogP contribution in [0.2, 0.25) is 0 Å². The van der Waals surface area contributed by atoms with Crippen molar-refractivity contribution in [3.63, 3.8) is 0 Å². The van der Waals surface area contributed by atoms with Crippen molar-refractivity contribution in [2.75, 3.05) is 45.8 Å². The fourth-order valence-corrected chi connectivity index (χ4v) is 5.75. The van der Waals surface area contributed by atoms with Gasteiger partial charge in [0.05, 0.1) is 15.5 Å². The van der Waals surface area contributed by atoms with Crippen LogP contribution in [0, 0.1) is 5.92 Å². The first-order chi connectivity index (χ1) is 14.8. The molecular formula is C21H30Br2N4O4. The third-order valence-corrected chi connectivity index (χ3v) is 7.44. The molecule has 2 heterocycles. The van der Waals surface area contributed by atoms with E-state index in [1.54, 1.807) is 5.48 Å². The number of amides is 2. The van der Waals surface area contributed by atoms with Gasteiger partial charge in [-0.3, -0.25) is 24.6 Å². The van der Waals surface area contributed by atoms with Gasteiger partial charge in [-0.05, 0) is 68.8 Å². The summed E-state index contributed by atoms with van der Waals surface area (Å²) in [5, 5.41) is 18.5. The van der Waals surface area contributed by atoms with E-state index in [1.165, 1.54) is 0 Å². The molecule has 0 saturated carbocycles. The van der Waals surface area contributed by atoms with Crippen molar-refractivity contribution in [1.82, 2.24) is 20.2 Å². The maximum Gasteiger partial charge on any atom is 0.257 e. The zero-order chi connectivity index (χ0) is 22.5. The summed E-state index contributed by atoms with van der Waals surface area (Å²) in [5.41, 5.74) is 2.69. The fraction of sp³-hybridized carbons (Fsp3) is 0.619. The number of halogens is 2. The minimum Gasteiger partial charge on any atom is -0.506 e. The first kappa shape index (κ1) is 24.4. The second kappa shape index (κ2) is 11.1. The molecule has 0 radical (unpaired) electrons. The summed E-state index contributed by atoms with van der Waals surface area (Å²) >= 11 is 6.70. The van der Waals surface area contributed by atoms with Gasteiger partial charge in [-0.1, -0.05) is 6.92 Å². The Morgan fingerprint density at radius 1 is 1.10 bits per heavy atom. The van der Waals surface area contributed by atoms with Crippen molar-refractivity contribution in [2.24, 2.45) is 5.92 Å². The number of nitrogens with zero attached hydrogens (tertiary/aromatic N) is 3. The maximum atomic E-state index is 13.0. The lowest BCUT2D eigenvalue weighted by molar-refractivity contribution is -0.136. The summed E-state index contributed by atoms with van der Waals surface area (Å²) < 4.78 is 1.24. The molecule has 2 amide bonds. The number of hydroxylamine groups is 1. The Labute approximate surface area is 199 Å². The second-order valence-electron chi connectivity index (χ2n) is 8.42. The first-order valence-electron chi connectivity index (χ1n) is 10.6. The van der Waals surface area contributed by atoms with Crippen molar-refractivity contribution in [1.29, 1.82) is 0 Å². The van der Waals surface area contributed by atoms with E-state index in [2.05, 4.69) is 36.8 Å². The second-order valence-corrected chi connectivity index (χ2v) is 10.1. The van der Waals surface area contributed by atoms with Crippen LogP contribution in [-0.4, -0.2) is 88.7 Å². The van der Waals surface area contributed by atoms with Gasteiger partial charge in [0.1, 0.15) is 5.75 Å². The van der Waals surface area contributed by atoms with Crippen LogP contribution < -0.4 is 5.48 Å². The molecular weight excluding hydrogens is 532 g/mol. The standard InChI is InChI=1S/C21H30Br2N4O4/c1-14(10-15-11-17(22)20(29)18(23)12-15)21(30)27-4-2-16(3-5-27)26-8-6-25(7-9-26)13-19(28)24-31/h11-12,14,16,29,31H,2-10,13H2,1H3,(H,24,28)/t14-/m1/s1. The van der Waals surface area contributed by atoms with Gasteiger partial charge in [0.15, 0.2) is 0 Å². The number of hydrogen-bond donors (Lipinski definition) is 3. The minimum absolute atomic E-state index is 0.124. The number of likely N-dealkylation sites (tertiary alicyclic amines) is 1. The topological polar surface area (TPSA) is 96.4 Å². The maximum absolute atomic E-state index is 13.0. The Morgan fingerprint density at radius 3 is 2.23 bits per heavy atom. The van der Waals surface area contributed by atoms with Gasteiger partial charge in [-0.15, -0.1) is 0 Å². The lowest BCUT2D eigenvalue weighted by atomic mass is 9.97. The van der Waals surface area contributed by atoms with Crippen molar-refractivity contribution >= 4 is 43.7 Å². The van der Waals surface area contributed by atoms with E-state index in [4.69, 9.17) is 5.21 Å². The molecule has 3 N–H and O–H groups in total. The average molecular weight is 562 g/mol. The van der Waals surface area contributed by atoms with Gasteiger partial charge in [-0.25, -0.2) is 5.48 Å². The van der Waals surface area contributed by atoms with Gasteiger partial charge in [0, 0.05) is 51.2 Å². The summed E-state index contributed by atoms with van der Waals surface area (Å²) in [6.45, 7) is 7.14. The summed E-state index contributed by atoms with van der Waals surface area (Å²) in [6, 6.07) is 4.19. The lowest BCUT2D eigenvalue weighted by Crippen LogP contribution is -2.55. The Balaban J connectivity index is 1.45. The summed E-state index contributed by atoms with van der Waals surface area (Å²) in [4.78, 5) is 30.8. The molecule has 1 aromatic rings. The van der Waals surface area contributed by atoms with Gasteiger partial charge in [0.2, 0.25) is 5.91 Å². The molecule has 2 aliphatic heterocycles. The highest BCUT2D eigenvalue weighted by atomic mass is 79.9. The molecule has 0 unspecified atom stereocenters. The van der Waals surface area contributed by atoms with E-state index >= 15 is 0 Å². The predicted molar refractivity (Wildman–Crippen MR) is 124 cm³/mol. The third kappa shape index (κ3) is 6.41. The number of phenolic OH excluding ortho intramolecular Hbond substituents is 1. The number of piperidine rings is 1. The molecule has 10 heteroatoms. The Morgan fingerprint density at radius 2 is 1.68 bits per heavy atom. The fourth-order valence-electron chi connectivity index (χ4n) is 4.46. The molecule has 172 valence electrons. The summed E-state index contributed by atoms with van der Waals surface area (Å²) in [5.74, 6) is -0.150. The Bertz CT molecular complexity index is 771. The zero-order valence-electron chi connectivity index (χ0n) is 17.7. The van der Waals surface area contributed by atoms with Crippen LogP contribution >= 0.6 is 31.9 Å². The molecule has 0 bridgehead atoms. The van der Waals surface area contributed by atoms with E-state index in [1.807, 2.05) is 28.9 Å². The highest BCUT2D eigenvalue weighted by molar-refractivity contribution is 9.11. The molecule has 31 heavy (non-hydrogen) atoms. The molecule has 0 aliphatic carbocycles. The molecule has 2 fully saturated rings. The van der Waals surface area contributed by atoms with E-state index in [0.29, 0.717) is 21.4 Å². The number of phenols is 1. The lowest BCUT2D eigenvalue weighted by Gasteiger charge is -2.43. The summed E-state index contributed by atoms with van der Waals surface area (Å²) in [6.07, 6.45) is 2.55. The summed E-state index contributed by atoms with van der Waals surface area (Å²) in [7, 11) is 0. The number of hydrogen-bond acceptors (Lipinski definition) is 6. The van der Waals surface area contributed by atoms with E-state index in [9.17, 15) is 14.7 Å². The molecule has 1 atom stereocenters. The first-order valence-corrected chi connectivity index (χ1v) is 12.2. The largest absolute Gasteiger partial charge is 0.506 e. The number of aromatic hydroxyl groups is 1. The van der Waals surface area contributed by atoms with Crippen molar-refractivity contribution < 1.29 is 19.9 Å². The van der Waals surface area contributed by atoms with E-state index < -0.39 is 0 Å². The van der Waals surface area contributed by atoms with Crippen molar-refractivity contribution in [3.05, 3.63) is 26.6 Å². The van der Waals surface area contributed by atoms with Crippen LogP contribution in [0.25, 0.3) is 0 Å². The highest BCUT2D eigenvalue weighted by Gasteiger charge is 2.31. The molecule has 3 rings (SSSR count). The number of benzene rings is 1. The highest BCUT2D eigenvalue weighted by Crippen LogP contribution is 2.34. The monoisotopic (exact) mass is 560 g/mol. The van der Waals surface area contributed by atoms with Gasteiger partial charge in [0.25, 0.3) is 5.91 Å². The molecule has 8 nitrogen and oxygen atoms in total. The van der Waals surface area contributed by atoms with Crippen LogP contribution in [0.15, 0.2) is 21.1 Å². The SMILES string of the molecule is C[C@H](Cc1cc(Br)c(O)c(Br)c1)C(=O)N1CCC(N2CCN(CC(=O)NO)CC2)CC1. The minimum atomic E-state index is -0.374. The van der Waals surface area contributed by atoms with Crippen LogP contribution in [0.4, 0.5) is 0 Å². The smallest absolute Gasteiger partial charge is 0.257 e. The molecule has 0 spiro atoms. The van der Waals surface area contributed by atoms with Crippen LogP contribution in [0.5, 0.6) is 5.75 Å². The van der Waals surface area contributed by atoms with Crippen molar-refractivity contribution in [3.8, 4) is 5.75 Å². The van der Waals surface area contributed by atoms with Crippen LogP contribution in [0.1, 0.15) is 25.3 Å². The van der Waals surface area contributed by atoms with Gasteiger partial charge < -0.3 is 10.0 Å². The normalized spacial score (nSPS) is 19.9. The van der Waals surface area contributed by atoms with E-state index in [0.717, 1.165) is 57.7 Å². The molecule has 0 aromatic heterocycles. The molecule has 2 saturated heterocycles. The molecule has 1 aromatic carbocycles. The Kier molecular flexibility index (Phi) is 8.74. The quantitative estimate of drug-likeness (QED) is 0.364. The number of carbonyl (C=O) groups excluding carboxylic acids is 2. The molecule has 2 aliphatic rings. The third-order valence-electron chi connectivity index (χ3n) is 6.23. The van der Waals surface area contributed by atoms with Crippen LogP contribution in [-0.2, 0) is 16.0 Å². The predicted octanol–water partition coefficient (Wildman–Crippen LogP) is 2.21. The van der Waals surface area contributed by atoms with Gasteiger partial charge >= 0.3 is 0 Å². The number of carbonyl (C=O) groups is 2. The number of nitrogens with one attached hydrogen (secondary N) is 1. The van der Waals surface area contributed by atoms with Crippen LogP contribution in [0.3, 0.4) is 0 Å². The zero-order valence-corrected chi connectivity index (χ0v) is 20.9. The number of piperazine rings is 1. The number of rotatable bonds is 6. The van der Waals surface area contributed by atoms with Crippen molar-refractivity contribution in [2.45, 2.75) is 32.2 Å². The van der Waals surface area contributed by atoms with E-state index in [-0.39, 0.29) is 30.0 Å². The Hall–Kier alpha value is -1.20. The van der Waals surface area contributed by atoms with Gasteiger partial charge in [-0.2, -0.15) is 0 Å². The average Bonchev–Trinajstić information content (AvgIpc) is 2.77.